The van der Waals surface area contributed by atoms with Gasteiger partial charge in [0.05, 0.1) is 18.8 Å². The van der Waals surface area contributed by atoms with Gasteiger partial charge in [0.1, 0.15) is 4.60 Å². The van der Waals surface area contributed by atoms with Gasteiger partial charge < -0.3 is 10.1 Å². The molecule has 20 heavy (non-hydrogen) atoms. The first-order valence-corrected chi connectivity index (χ1v) is 7.51. The third kappa shape index (κ3) is 3.77. The summed E-state index contributed by atoms with van der Waals surface area (Å²) in [7, 11) is 0. The molecular formula is C14H20BrN3O2. The Bertz CT molecular complexity index is 473. The lowest BCUT2D eigenvalue weighted by atomic mass is 10.0. The molecule has 1 N–H and O–H groups in total. The number of nitrogens with zero attached hydrogens (tertiary/aromatic N) is 2. The average Bonchev–Trinajstić information content (AvgIpc) is 2.46. The predicted molar refractivity (Wildman–Crippen MR) is 80.7 cm³/mol. The van der Waals surface area contributed by atoms with Gasteiger partial charge in [-0.2, -0.15) is 0 Å². The number of halogens is 1. The summed E-state index contributed by atoms with van der Waals surface area (Å²) in [6.07, 6.45) is 1.65. The summed E-state index contributed by atoms with van der Waals surface area (Å²) in [5.74, 6) is -0.105. The van der Waals surface area contributed by atoms with E-state index in [1.165, 1.54) is 0 Å². The van der Waals surface area contributed by atoms with Crippen LogP contribution in [0.2, 0.25) is 0 Å². The Kier molecular flexibility index (Phi) is 5.12. The zero-order valence-corrected chi connectivity index (χ0v) is 13.4. The number of hydrogen-bond acceptors (Lipinski definition) is 4. The maximum atomic E-state index is 12.2. The Morgan fingerprint density at radius 3 is 2.85 bits per heavy atom. The number of pyridine rings is 1. The van der Waals surface area contributed by atoms with Crippen molar-refractivity contribution >= 4 is 21.8 Å². The topological polar surface area (TPSA) is 54.5 Å². The van der Waals surface area contributed by atoms with Crippen LogP contribution in [0.5, 0.6) is 0 Å². The van der Waals surface area contributed by atoms with Crippen molar-refractivity contribution in [1.29, 1.82) is 0 Å². The summed E-state index contributed by atoms with van der Waals surface area (Å²) < 4.78 is 5.93. The van der Waals surface area contributed by atoms with Crippen LogP contribution in [0, 0.1) is 0 Å². The molecule has 0 unspecified atom stereocenters. The van der Waals surface area contributed by atoms with Gasteiger partial charge in [0.2, 0.25) is 0 Å². The Morgan fingerprint density at radius 1 is 1.50 bits per heavy atom. The first kappa shape index (κ1) is 15.4. The smallest absolute Gasteiger partial charge is 0.254 e. The number of amides is 1. The van der Waals surface area contributed by atoms with E-state index in [4.69, 9.17) is 4.74 Å². The van der Waals surface area contributed by atoms with Crippen molar-refractivity contribution in [3.8, 4) is 0 Å². The number of aromatic nitrogens is 1. The molecule has 1 aromatic rings. The highest BCUT2D eigenvalue weighted by Crippen LogP contribution is 2.16. The molecule has 110 valence electrons. The minimum atomic E-state index is -0.105. The SMILES string of the molecule is CC(C)(CNC(=O)c1cccnc1Br)N1CCOCC1. The molecule has 0 aromatic carbocycles. The second-order valence-corrected chi connectivity index (χ2v) is 6.19. The van der Waals surface area contributed by atoms with Crippen molar-refractivity contribution in [3.63, 3.8) is 0 Å². The second kappa shape index (κ2) is 6.65. The van der Waals surface area contributed by atoms with Gasteiger partial charge in [0.15, 0.2) is 0 Å². The highest BCUT2D eigenvalue weighted by molar-refractivity contribution is 9.10. The highest BCUT2D eigenvalue weighted by atomic mass is 79.9. The van der Waals surface area contributed by atoms with Crippen LogP contribution in [0.4, 0.5) is 0 Å². The van der Waals surface area contributed by atoms with E-state index in [-0.39, 0.29) is 11.4 Å². The van der Waals surface area contributed by atoms with Gasteiger partial charge in [-0.25, -0.2) is 4.98 Å². The van der Waals surface area contributed by atoms with Crippen molar-refractivity contribution < 1.29 is 9.53 Å². The molecule has 5 nitrogen and oxygen atoms in total. The van der Waals surface area contributed by atoms with E-state index in [9.17, 15) is 4.79 Å². The maximum absolute atomic E-state index is 12.2. The van der Waals surface area contributed by atoms with Crippen molar-refractivity contribution in [2.75, 3.05) is 32.8 Å². The second-order valence-electron chi connectivity index (χ2n) is 5.44. The maximum Gasteiger partial charge on any atom is 0.254 e. The number of ether oxygens (including phenoxy) is 1. The van der Waals surface area contributed by atoms with E-state index in [0.29, 0.717) is 16.7 Å². The van der Waals surface area contributed by atoms with Gasteiger partial charge in [-0.05, 0) is 41.9 Å². The molecule has 1 aliphatic rings. The Balaban J connectivity index is 1.94. The van der Waals surface area contributed by atoms with E-state index >= 15 is 0 Å². The van der Waals surface area contributed by atoms with E-state index in [1.54, 1.807) is 18.3 Å². The molecule has 0 bridgehead atoms. The molecule has 1 saturated heterocycles. The van der Waals surface area contributed by atoms with E-state index in [2.05, 4.69) is 45.0 Å². The zero-order valence-electron chi connectivity index (χ0n) is 11.9. The predicted octanol–water partition coefficient (Wildman–Crippen LogP) is 1.68. The fourth-order valence-electron chi connectivity index (χ4n) is 2.23. The molecule has 1 amide bonds. The molecule has 6 heteroatoms. The van der Waals surface area contributed by atoms with Crippen LogP contribution >= 0.6 is 15.9 Å². The molecule has 2 rings (SSSR count). The van der Waals surface area contributed by atoms with Gasteiger partial charge in [-0.3, -0.25) is 9.69 Å². The van der Waals surface area contributed by atoms with Gasteiger partial charge >= 0.3 is 0 Å². The summed E-state index contributed by atoms with van der Waals surface area (Å²) >= 11 is 3.30. The summed E-state index contributed by atoms with van der Waals surface area (Å²) in [6, 6.07) is 3.51. The number of hydrogen-bond donors (Lipinski definition) is 1. The molecule has 0 spiro atoms. The molecule has 2 heterocycles. The first-order chi connectivity index (χ1) is 9.50. The lowest BCUT2D eigenvalue weighted by Crippen LogP contribution is -2.55. The van der Waals surface area contributed by atoms with Gasteiger partial charge in [0, 0.05) is 31.4 Å². The lowest BCUT2D eigenvalue weighted by Gasteiger charge is -2.40. The number of nitrogens with one attached hydrogen (secondary N) is 1. The third-order valence-corrected chi connectivity index (χ3v) is 4.18. The number of rotatable bonds is 4. The molecule has 0 aliphatic carbocycles. The largest absolute Gasteiger partial charge is 0.379 e. The normalized spacial score (nSPS) is 16.9. The molecule has 1 aromatic heterocycles. The van der Waals surface area contributed by atoms with Crippen LogP contribution in [0.3, 0.4) is 0 Å². The van der Waals surface area contributed by atoms with Crippen molar-refractivity contribution in [2.24, 2.45) is 0 Å². The van der Waals surface area contributed by atoms with Crippen molar-refractivity contribution in [3.05, 3.63) is 28.5 Å². The van der Waals surface area contributed by atoms with Crippen LogP contribution in [0.15, 0.2) is 22.9 Å². The van der Waals surface area contributed by atoms with Crippen LogP contribution in [0.1, 0.15) is 24.2 Å². The summed E-state index contributed by atoms with van der Waals surface area (Å²) in [4.78, 5) is 18.6. The Morgan fingerprint density at radius 2 is 2.20 bits per heavy atom. The number of carbonyl (C=O) groups is 1. The summed E-state index contributed by atoms with van der Waals surface area (Å²) in [5, 5.41) is 2.99. The average molecular weight is 342 g/mol. The first-order valence-electron chi connectivity index (χ1n) is 6.72. The third-order valence-electron chi connectivity index (χ3n) is 3.55. The van der Waals surface area contributed by atoms with Crippen LogP contribution in [-0.4, -0.2) is 54.2 Å². The van der Waals surface area contributed by atoms with E-state index in [1.807, 2.05) is 0 Å². The highest BCUT2D eigenvalue weighted by Gasteiger charge is 2.28. The quantitative estimate of drug-likeness (QED) is 0.846. The fourth-order valence-corrected chi connectivity index (χ4v) is 2.66. The van der Waals surface area contributed by atoms with Crippen molar-refractivity contribution in [1.82, 2.24) is 15.2 Å². The Labute approximate surface area is 127 Å². The molecule has 0 saturated carbocycles. The van der Waals surface area contributed by atoms with Crippen LogP contribution < -0.4 is 5.32 Å². The van der Waals surface area contributed by atoms with E-state index in [0.717, 1.165) is 26.3 Å². The van der Waals surface area contributed by atoms with Crippen LogP contribution in [0.25, 0.3) is 0 Å². The minimum Gasteiger partial charge on any atom is -0.379 e. The number of carbonyl (C=O) groups excluding carboxylic acids is 1. The van der Waals surface area contributed by atoms with Crippen molar-refractivity contribution in [2.45, 2.75) is 19.4 Å². The molecular weight excluding hydrogens is 322 g/mol. The monoisotopic (exact) mass is 341 g/mol. The zero-order chi connectivity index (χ0) is 14.6. The Hall–Kier alpha value is -0.980. The molecule has 1 aliphatic heterocycles. The summed E-state index contributed by atoms with van der Waals surface area (Å²) in [6.45, 7) is 8.18. The fraction of sp³-hybridized carbons (Fsp3) is 0.571. The molecule has 0 radical (unpaired) electrons. The summed E-state index contributed by atoms with van der Waals surface area (Å²) in [5.41, 5.74) is 0.471. The number of morpholine rings is 1. The van der Waals surface area contributed by atoms with E-state index < -0.39 is 0 Å². The standard InChI is InChI=1S/C14H20BrN3O2/c1-14(2,18-6-8-20-9-7-18)10-17-13(19)11-4-3-5-16-12(11)15/h3-5H,6-10H2,1-2H3,(H,17,19). The lowest BCUT2D eigenvalue weighted by molar-refractivity contribution is -0.00923. The van der Waals surface area contributed by atoms with Gasteiger partial charge in [0.25, 0.3) is 5.91 Å². The minimum absolute atomic E-state index is 0.0892. The van der Waals surface area contributed by atoms with Gasteiger partial charge in [-0.15, -0.1) is 0 Å². The molecule has 1 fully saturated rings. The van der Waals surface area contributed by atoms with Crippen LogP contribution in [-0.2, 0) is 4.74 Å². The molecule has 0 atom stereocenters. The van der Waals surface area contributed by atoms with Gasteiger partial charge in [-0.1, -0.05) is 0 Å².